The lowest BCUT2D eigenvalue weighted by Crippen LogP contribution is -2.35. The van der Waals surface area contributed by atoms with Crippen LogP contribution in [0.4, 0.5) is 0 Å². The summed E-state index contributed by atoms with van der Waals surface area (Å²) in [6.45, 7) is 4.35. The van der Waals surface area contributed by atoms with Gasteiger partial charge in [0.25, 0.3) is 0 Å². The first-order valence-electron chi connectivity index (χ1n) is 4.81. The highest BCUT2D eigenvalue weighted by atomic mass is 16.3. The smallest absolute Gasteiger partial charge is 0.0791 e. The molecule has 0 aliphatic rings. The highest BCUT2D eigenvalue weighted by Crippen LogP contribution is 1.85. The minimum absolute atomic E-state index is 0.263. The average molecular weight is 186 g/mol. The van der Waals surface area contributed by atoms with Crippen molar-refractivity contribution in [1.82, 2.24) is 10.2 Å². The molecule has 0 amide bonds. The van der Waals surface area contributed by atoms with Gasteiger partial charge in [-0.25, -0.2) is 0 Å². The van der Waals surface area contributed by atoms with Crippen LogP contribution in [0.5, 0.6) is 0 Å². The van der Waals surface area contributed by atoms with Crippen LogP contribution in [0.3, 0.4) is 0 Å². The zero-order chi connectivity index (χ0) is 10.1. The molecule has 0 rings (SSSR count). The van der Waals surface area contributed by atoms with E-state index in [1.807, 2.05) is 32.0 Å². The van der Waals surface area contributed by atoms with Crippen molar-refractivity contribution in [3.05, 3.63) is 12.2 Å². The summed E-state index contributed by atoms with van der Waals surface area (Å²) in [5, 5.41) is 12.7. The molecule has 0 aromatic heterocycles. The van der Waals surface area contributed by atoms with Crippen molar-refractivity contribution >= 4 is 0 Å². The van der Waals surface area contributed by atoms with Gasteiger partial charge in [-0.2, -0.15) is 0 Å². The molecule has 0 heterocycles. The molecular formula is C10H22N2O. The number of aliphatic hydroxyl groups excluding tert-OH is 1. The quantitative estimate of drug-likeness (QED) is 0.448. The van der Waals surface area contributed by atoms with E-state index in [0.717, 1.165) is 19.5 Å². The molecule has 0 bridgehead atoms. The summed E-state index contributed by atoms with van der Waals surface area (Å²) in [7, 11) is 3.92. The maximum Gasteiger partial charge on any atom is 0.0791 e. The first-order valence-corrected chi connectivity index (χ1v) is 4.81. The minimum atomic E-state index is -0.263. The molecule has 13 heavy (non-hydrogen) atoms. The third-order valence-electron chi connectivity index (χ3n) is 1.68. The fourth-order valence-electron chi connectivity index (χ4n) is 1.11. The molecule has 78 valence electrons. The van der Waals surface area contributed by atoms with E-state index < -0.39 is 0 Å². The van der Waals surface area contributed by atoms with Gasteiger partial charge in [0.15, 0.2) is 0 Å². The van der Waals surface area contributed by atoms with Crippen LogP contribution < -0.4 is 5.32 Å². The molecule has 2 N–H and O–H groups in total. The van der Waals surface area contributed by atoms with Crippen molar-refractivity contribution < 1.29 is 5.11 Å². The fourth-order valence-corrected chi connectivity index (χ4v) is 1.11. The Hall–Kier alpha value is -0.380. The van der Waals surface area contributed by atoms with Crippen LogP contribution >= 0.6 is 0 Å². The number of hydrogen-bond donors (Lipinski definition) is 2. The summed E-state index contributed by atoms with van der Waals surface area (Å²) >= 11 is 0. The number of nitrogens with zero attached hydrogens (tertiary/aromatic N) is 1. The Bertz CT molecular complexity index is 135. The highest BCUT2D eigenvalue weighted by molar-refractivity contribution is 4.77. The molecule has 0 aromatic rings. The predicted molar refractivity (Wildman–Crippen MR) is 56.9 cm³/mol. The van der Waals surface area contributed by atoms with Gasteiger partial charge in [0.05, 0.1) is 6.10 Å². The van der Waals surface area contributed by atoms with Gasteiger partial charge in [0.1, 0.15) is 0 Å². The van der Waals surface area contributed by atoms with E-state index in [2.05, 4.69) is 11.4 Å². The second-order valence-corrected chi connectivity index (χ2v) is 3.48. The zero-order valence-corrected chi connectivity index (χ0v) is 8.95. The molecular weight excluding hydrogens is 164 g/mol. The lowest BCUT2D eigenvalue weighted by atomic mass is 10.3. The van der Waals surface area contributed by atoms with E-state index in [1.54, 1.807) is 0 Å². The van der Waals surface area contributed by atoms with Crippen LogP contribution in [-0.4, -0.2) is 49.8 Å². The predicted octanol–water partition coefficient (Wildman–Crippen LogP) is 0.465. The Morgan fingerprint density at radius 1 is 1.46 bits per heavy atom. The molecule has 1 atom stereocenters. The van der Waals surface area contributed by atoms with Crippen molar-refractivity contribution in [2.75, 3.05) is 33.7 Å². The van der Waals surface area contributed by atoms with Crippen LogP contribution in [0.2, 0.25) is 0 Å². The highest BCUT2D eigenvalue weighted by Gasteiger charge is 2.03. The standard InChI is InChI=1S/C10H22N2O/c1-4-5-6-7-11-8-10(13)9-12(2)3/h4-5,10-11,13H,6-9H2,1-3H3/b5-4+. The maximum absolute atomic E-state index is 9.45. The zero-order valence-electron chi connectivity index (χ0n) is 8.95. The van der Waals surface area contributed by atoms with Gasteiger partial charge in [-0.05, 0) is 34.0 Å². The molecule has 0 spiro atoms. The van der Waals surface area contributed by atoms with E-state index in [1.165, 1.54) is 0 Å². The number of nitrogens with one attached hydrogen (secondary N) is 1. The molecule has 0 saturated heterocycles. The number of aliphatic hydroxyl groups is 1. The molecule has 0 aromatic carbocycles. The van der Waals surface area contributed by atoms with E-state index in [9.17, 15) is 5.11 Å². The molecule has 0 aliphatic carbocycles. The van der Waals surface area contributed by atoms with Crippen molar-refractivity contribution in [3.8, 4) is 0 Å². The van der Waals surface area contributed by atoms with Crippen molar-refractivity contribution in [2.45, 2.75) is 19.4 Å². The molecule has 0 radical (unpaired) electrons. The topological polar surface area (TPSA) is 35.5 Å². The van der Waals surface area contributed by atoms with Gasteiger partial charge in [-0.1, -0.05) is 12.2 Å². The van der Waals surface area contributed by atoms with Crippen molar-refractivity contribution in [2.24, 2.45) is 0 Å². The van der Waals surface area contributed by atoms with Gasteiger partial charge < -0.3 is 15.3 Å². The van der Waals surface area contributed by atoms with Crippen LogP contribution in [0, 0.1) is 0 Å². The minimum Gasteiger partial charge on any atom is -0.390 e. The van der Waals surface area contributed by atoms with E-state index in [0.29, 0.717) is 6.54 Å². The molecule has 0 aliphatic heterocycles. The number of rotatable bonds is 7. The number of likely N-dealkylation sites (N-methyl/N-ethyl adjacent to an activating group) is 1. The molecule has 3 nitrogen and oxygen atoms in total. The average Bonchev–Trinajstić information content (AvgIpc) is 2.02. The van der Waals surface area contributed by atoms with Crippen LogP contribution in [0.1, 0.15) is 13.3 Å². The Labute approximate surface area is 81.4 Å². The summed E-state index contributed by atoms with van der Waals surface area (Å²) in [4.78, 5) is 1.98. The SMILES string of the molecule is C/C=C/CCNCC(O)CN(C)C. The summed E-state index contributed by atoms with van der Waals surface area (Å²) in [5.74, 6) is 0. The van der Waals surface area contributed by atoms with Gasteiger partial charge >= 0.3 is 0 Å². The summed E-state index contributed by atoms with van der Waals surface area (Å²) in [6, 6.07) is 0. The second-order valence-electron chi connectivity index (χ2n) is 3.48. The Morgan fingerprint density at radius 3 is 2.69 bits per heavy atom. The first-order chi connectivity index (χ1) is 6.16. The first kappa shape index (κ1) is 12.6. The second kappa shape index (κ2) is 8.23. The Balaban J connectivity index is 3.21. The van der Waals surface area contributed by atoms with Crippen molar-refractivity contribution in [1.29, 1.82) is 0 Å². The normalized spacial score (nSPS) is 14.2. The van der Waals surface area contributed by atoms with Crippen LogP contribution in [-0.2, 0) is 0 Å². The van der Waals surface area contributed by atoms with Gasteiger partial charge in [-0.3, -0.25) is 0 Å². The Morgan fingerprint density at radius 2 is 2.15 bits per heavy atom. The van der Waals surface area contributed by atoms with E-state index in [-0.39, 0.29) is 6.10 Å². The third kappa shape index (κ3) is 9.53. The Kier molecular flexibility index (Phi) is 7.99. The fraction of sp³-hybridized carbons (Fsp3) is 0.800. The molecule has 3 heteroatoms. The maximum atomic E-state index is 9.45. The van der Waals surface area contributed by atoms with Gasteiger partial charge in [-0.15, -0.1) is 0 Å². The monoisotopic (exact) mass is 186 g/mol. The molecule has 0 fully saturated rings. The van der Waals surface area contributed by atoms with Crippen LogP contribution in [0.15, 0.2) is 12.2 Å². The number of allylic oxidation sites excluding steroid dienone is 1. The van der Waals surface area contributed by atoms with E-state index >= 15 is 0 Å². The van der Waals surface area contributed by atoms with Gasteiger partial charge in [0.2, 0.25) is 0 Å². The van der Waals surface area contributed by atoms with E-state index in [4.69, 9.17) is 0 Å². The number of hydrogen-bond acceptors (Lipinski definition) is 3. The largest absolute Gasteiger partial charge is 0.390 e. The van der Waals surface area contributed by atoms with Gasteiger partial charge in [0, 0.05) is 13.1 Å². The van der Waals surface area contributed by atoms with Crippen molar-refractivity contribution in [3.63, 3.8) is 0 Å². The third-order valence-corrected chi connectivity index (χ3v) is 1.68. The summed E-state index contributed by atoms with van der Waals surface area (Å²) in [6.07, 6.45) is 4.93. The molecule has 1 unspecified atom stereocenters. The summed E-state index contributed by atoms with van der Waals surface area (Å²) < 4.78 is 0. The summed E-state index contributed by atoms with van der Waals surface area (Å²) in [5.41, 5.74) is 0. The lowest BCUT2D eigenvalue weighted by molar-refractivity contribution is 0.135. The van der Waals surface area contributed by atoms with Crippen LogP contribution in [0.25, 0.3) is 0 Å². The molecule has 0 saturated carbocycles. The lowest BCUT2D eigenvalue weighted by Gasteiger charge is -2.15.